The molecule has 1 aromatic heterocycles. The minimum absolute atomic E-state index is 0.0367. The molecule has 0 saturated carbocycles. The van der Waals surface area contributed by atoms with Crippen LogP contribution in [-0.4, -0.2) is 35.3 Å². The predicted molar refractivity (Wildman–Crippen MR) is 128 cm³/mol. The van der Waals surface area contributed by atoms with Crippen molar-refractivity contribution in [2.75, 3.05) is 5.32 Å². The molecule has 0 bridgehead atoms. The van der Waals surface area contributed by atoms with Gasteiger partial charge in [-0.1, -0.05) is 56.6 Å². The molecule has 8 nitrogen and oxygen atoms in total. The van der Waals surface area contributed by atoms with Crippen LogP contribution in [0.4, 0.5) is 5.69 Å². The van der Waals surface area contributed by atoms with Gasteiger partial charge in [0.15, 0.2) is 0 Å². The van der Waals surface area contributed by atoms with Gasteiger partial charge in [0.05, 0.1) is 30.2 Å². The van der Waals surface area contributed by atoms with Crippen molar-refractivity contribution in [2.45, 2.75) is 44.7 Å². The molecule has 176 valence electrons. The van der Waals surface area contributed by atoms with E-state index in [0.717, 1.165) is 0 Å². The maximum absolute atomic E-state index is 12.4. The van der Waals surface area contributed by atoms with Crippen molar-refractivity contribution >= 4 is 33.2 Å². The van der Waals surface area contributed by atoms with Gasteiger partial charge in [0.1, 0.15) is 0 Å². The quantitative estimate of drug-likeness (QED) is 0.467. The van der Waals surface area contributed by atoms with Gasteiger partial charge in [-0.2, -0.15) is 5.10 Å². The monoisotopic (exact) mass is 490 g/mol. The molecule has 10 heteroatoms. The molecule has 1 heterocycles. The molecule has 3 rings (SSSR count). The first-order valence-electron chi connectivity index (χ1n) is 10.3. The number of hydrogen-bond donors (Lipinski definition) is 3. The van der Waals surface area contributed by atoms with E-state index in [0.29, 0.717) is 21.7 Å². The van der Waals surface area contributed by atoms with Gasteiger partial charge in [-0.3, -0.25) is 9.48 Å². The summed E-state index contributed by atoms with van der Waals surface area (Å²) in [6, 6.07) is 11.5. The second kappa shape index (κ2) is 9.64. The smallest absolute Gasteiger partial charge is 0.238 e. The molecular formula is C23H27ClN4O4S. The van der Waals surface area contributed by atoms with E-state index >= 15 is 0 Å². The van der Waals surface area contributed by atoms with Crippen molar-refractivity contribution in [1.29, 1.82) is 0 Å². The van der Waals surface area contributed by atoms with Crippen molar-refractivity contribution in [2.24, 2.45) is 10.6 Å². The van der Waals surface area contributed by atoms with Crippen LogP contribution in [0.15, 0.2) is 59.8 Å². The Balaban J connectivity index is 1.85. The Morgan fingerprint density at radius 3 is 2.58 bits per heavy atom. The summed E-state index contributed by atoms with van der Waals surface area (Å²) in [7, 11) is -4.10. The standard InChI is InChI=1S/C23H27ClN4O4S/c1-23(2,3)21(29)14-28-13-16(12-26-28)18-9-8-17(11-20(18)33(25,31)32)27-22(30)10-15-6-4-5-7-19(15)24/h4-9,11-13,21,29H,10,14H2,1-3H3,(H,27,30)(H2,25,31,32). The Labute approximate surface area is 198 Å². The molecule has 4 N–H and O–H groups in total. The normalized spacial score (nSPS) is 13.0. The van der Waals surface area contributed by atoms with E-state index in [1.807, 2.05) is 20.8 Å². The molecule has 0 radical (unpaired) electrons. The number of amides is 1. The molecule has 1 atom stereocenters. The molecule has 1 amide bonds. The molecule has 0 fully saturated rings. The predicted octanol–water partition coefficient (Wildman–Crippen LogP) is 3.44. The Morgan fingerprint density at radius 2 is 1.94 bits per heavy atom. The second-order valence-corrected chi connectivity index (χ2v) is 10.8. The number of primary sulfonamides is 1. The fourth-order valence-corrected chi connectivity index (χ4v) is 4.13. The average molecular weight is 491 g/mol. The summed E-state index contributed by atoms with van der Waals surface area (Å²) >= 11 is 6.10. The topological polar surface area (TPSA) is 127 Å². The molecular weight excluding hydrogens is 464 g/mol. The largest absolute Gasteiger partial charge is 0.391 e. The van der Waals surface area contributed by atoms with Crippen LogP contribution in [-0.2, 0) is 27.8 Å². The van der Waals surface area contributed by atoms with Gasteiger partial charge in [-0.15, -0.1) is 0 Å². The lowest BCUT2D eigenvalue weighted by Gasteiger charge is -2.25. The number of carbonyl (C=O) groups is 1. The number of hydrogen-bond acceptors (Lipinski definition) is 5. The van der Waals surface area contributed by atoms with E-state index in [-0.39, 0.29) is 34.9 Å². The van der Waals surface area contributed by atoms with Crippen LogP contribution in [0.1, 0.15) is 26.3 Å². The number of aromatic nitrogens is 2. The van der Waals surface area contributed by atoms with E-state index < -0.39 is 16.1 Å². The highest BCUT2D eigenvalue weighted by Crippen LogP contribution is 2.30. The van der Waals surface area contributed by atoms with Gasteiger partial charge in [0.2, 0.25) is 15.9 Å². The van der Waals surface area contributed by atoms with Gasteiger partial charge in [0.25, 0.3) is 0 Å². The number of benzene rings is 2. The molecule has 0 spiro atoms. The fourth-order valence-electron chi connectivity index (χ4n) is 3.15. The molecule has 3 aromatic rings. The van der Waals surface area contributed by atoms with E-state index in [2.05, 4.69) is 10.4 Å². The summed E-state index contributed by atoms with van der Waals surface area (Å²) in [5, 5.41) is 23.2. The highest BCUT2D eigenvalue weighted by Gasteiger charge is 2.23. The minimum Gasteiger partial charge on any atom is -0.391 e. The maximum Gasteiger partial charge on any atom is 0.238 e. The lowest BCUT2D eigenvalue weighted by Crippen LogP contribution is -2.30. The zero-order valence-electron chi connectivity index (χ0n) is 18.6. The van der Waals surface area contributed by atoms with Crippen molar-refractivity contribution in [3.05, 3.63) is 65.4 Å². The number of aliphatic hydroxyl groups is 1. The molecule has 33 heavy (non-hydrogen) atoms. The number of rotatable bonds is 7. The maximum atomic E-state index is 12.4. The Kier molecular flexibility index (Phi) is 7.28. The number of nitrogens with zero attached hydrogens (tertiary/aromatic N) is 2. The third-order valence-electron chi connectivity index (χ3n) is 5.18. The van der Waals surface area contributed by atoms with Crippen LogP contribution in [0.25, 0.3) is 11.1 Å². The SMILES string of the molecule is CC(C)(C)C(O)Cn1cc(-c2ccc(NC(=O)Cc3ccccc3Cl)cc2S(N)(=O)=O)cn1. The molecule has 0 aliphatic rings. The number of aliphatic hydroxyl groups excluding tert-OH is 1. The van der Waals surface area contributed by atoms with Crippen LogP contribution in [0, 0.1) is 5.41 Å². The van der Waals surface area contributed by atoms with E-state index in [9.17, 15) is 18.3 Å². The van der Waals surface area contributed by atoms with E-state index in [1.54, 1.807) is 47.3 Å². The van der Waals surface area contributed by atoms with Crippen LogP contribution in [0.5, 0.6) is 0 Å². The lowest BCUT2D eigenvalue weighted by molar-refractivity contribution is -0.115. The third-order valence-corrected chi connectivity index (χ3v) is 6.50. The van der Waals surface area contributed by atoms with Gasteiger partial charge < -0.3 is 10.4 Å². The number of sulfonamides is 1. The first kappa shape index (κ1) is 24.9. The average Bonchev–Trinajstić information content (AvgIpc) is 3.16. The Bertz CT molecular complexity index is 1270. The summed E-state index contributed by atoms with van der Waals surface area (Å²) in [5.74, 6) is -0.347. The number of nitrogens with two attached hydrogens (primary N) is 1. The molecule has 0 aliphatic carbocycles. The van der Waals surface area contributed by atoms with Gasteiger partial charge in [-0.25, -0.2) is 13.6 Å². The first-order valence-corrected chi connectivity index (χ1v) is 12.2. The number of carbonyl (C=O) groups excluding carboxylic acids is 1. The van der Waals surface area contributed by atoms with Gasteiger partial charge in [-0.05, 0) is 29.2 Å². The van der Waals surface area contributed by atoms with Crippen molar-refractivity contribution in [3.8, 4) is 11.1 Å². The lowest BCUT2D eigenvalue weighted by atomic mass is 9.89. The second-order valence-electron chi connectivity index (χ2n) is 8.91. The zero-order chi connectivity index (χ0) is 24.4. The molecule has 0 aliphatic heterocycles. The fraction of sp³-hybridized carbons (Fsp3) is 0.304. The van der Waals surface area contributed by atoms with Crippen LogP contribution < -0.4 is 10.5 Å². The summed E-state index contributed by atoms with van der Waals surface area (Å²) in [4.78, 5) is 12.3. The molecule has 2 aromatic carbocycles. The highest BCUT2D eigenvalue weighted by atomic mass is 35.5. The highest BCUT2D eigenvalue weighted by molar-refractivity contribution is 7.89. The van der Waals surface area contributed by atoms with Gasteiger partial charge >= 0.3 is 0 Å². The first-order chi connectivity index (χ1) is 15.3. The summed E-state index contributed by atoms with van der Waals surface area (Å²) < 4.78 is 26.1. The van der Waals surface area contributed by atoms with Crippen LogP contribution >= 0.6 is 11.6 Å². The number of nitrogens with one attached hydrogen (secondary N) is 1. The minimum atomic E-state index is -4.10. The van der Waals surface area contributed by atoms with Crippen LogP contribution in [0.2, 0.25) is 5.02 Å². The van der Waals surface area contributed by atoms with Crippen LogP contribution in [0.3, 0.4) is 0 Å². The van der Waals surface area contributed by atoms with Gasteiger partial charge in [0, 0.05) is 28.0 Å². The Morgan fingerprint density at radius 1 is 1.24 bits per heavy atom. The van der Waals surface area contributed by atoms with Crippen molar-refractivity contribution in [3.63, 3.8) is 0 Å². The zero-order valence-corrected chi connectivity index (χ0v) is 20.2. The summed E-state index contributed by atoms with van der Waals surface area (Å²) in [6.07, 6.45) is 2.55. The molecule has 1 unspecified atom stereocenters. The number of anilines is 1. The Hall–Kier alpha value is -2.72. The van der Waals surface area contributed by atoms with Crippen molar-refractivity contribution < 1.29 is 18.3 Å². The third kappa shape index (κ3) is 6.42. The van der Waals surface area contributed by atoms with E-state index in [1.165, 1.54) is 12.3 Å². The summed E-state index contributed by atoms with van der Waals surface area (Å²) in [5.41, 5.74) is 1.48. The van der Waals surface area contributed by atoms with E-state index in [4.69, 9.17) is 16.7 Å². The summed E-state index contributed by atoms with van der Waals surface area (Å²) in [6.45, 7) is 6.00. The molecule has 0 saturated heterocycles. The van der Waals surface area contributed by atoms with Crippen molar-refractivity contribution in [1.82, 2.24) is 9.78 Å². The number of halogens is 1.